The molecule has 0 aliphatic rings. The van der Waals surface area contributed by atoms with Crippen molar-refractivity contribution in [3.05, 3.63) is 0 Å². The highest BCUT2D eigenvalue weighted by Crippen LogP contribution is 2.07. The molecule has 13 heavy (non-hydrogen) atoms. The van der Waals surface area contributed by atoms with Crippen LogP contribution in [0.1, 0.15) is 26.7 Å². The summed E-state index contributed by atoms with van der Waals surface area (Å²) in [6, 6.07) is 0. The van der Waals surface area contributed by atoms with E-state index in [2.05, 4.69) is 0 Å². The van der Waals surface area contributed by atoms with E-state index in [1.165, 1.54) is 4.90 Å². The average Bonchev–Trinajstić information content (AvgIpc) is 2.05. The molecule has 4 heteroatoms. The van der Waals surface area contributed by atoms with E-state index < -0.39 is 11.9 Å². The minimum atomic E-state index is -1.03. The van der Waals surface area contributed by atoms with Crippen LogP contribution in [0.15, 0.2) is 0 Å². The maximum atomic E-state index is 11.5. The zero-order valence-corrected chi connectivity index (χ0v) is 8.41. The summed E-state index contributed by atoms with van der Waals surface area (Å²) in [6.07, 6.45) is 1.19. The molecule has 0 rings (SSSR count). The van der Waals surface area contributed by atoms with Gasteiger partial charge in [0.25, 0.3) is 0 Å². The fourth-order valence-corrected chi connectivity index (χ4v) is 1.17. The molecule has 0 aromatic carbocycles. The summed E-state index contributed by atoms with van der Waals surface area (Å²) in [4.78, 5) is 23.6. The maximum absolute atomic E-state index is 11.5. The Balaban J connectivity index is 4.28. The molecule has 0 saturated carbocycles. The second-order valence-corrected chi connectivity index (χ2v) is 3.06. The molecule has 1 atom stereocenters. The van der Waals surface area contributed by atoms with Crippen molar-refractivity contribution in [2.24, 2.45) is 5.92 Å². The molecule has 0 radical (unpaired) electrons. The third kappa shape index (κ3) is 3.44. The highest BCUT2D eigenvalue weighted by atomic mass is 16.4. The number of hydrogen-bond donors (Lipinski definition) is 1. The second kappa shape index (κ2) is 5.56. The largest absolute Gasteiger partial charge is 0.481 e. The lowest BCUT2D eigenvalue weighted by molar-refractivity contribution is -0.150. The minimum Gasteiger partial charge on any atom is -0.481 e. The van der Waals surface area contributed by atoms with Crippen molar-refractivity contribution in [1.82, 2.24) is 4.90 Å². The summed E-state index contributed by atoms with van der Waals surface area (Å²) in [5.74, 6) is -2.20. The lowest BCUT2D eigenvalue weighted by Crippen LogP contribution is -2.37. The molecule has 76 valence electrons. The zero-order chi connectivity index (χ0) is 10.4. The topological polar surface area (TPSA) is 57.6 Å². The van der Waals surface area contributed by atoms with Crippen LogP contribution in [0.25, 0.3) is 0 Å². The van der Waals surface area contributed by atoms with Gasteiger partial charge < -0.3 is 10.0 Å². The number of nitrogens with zero attached hydrogens (tertiary/aromatic N) is 1. The van der Waals surface area contributed by atoms with Crippen molar-refractivity contribution in [3.63, 3.8) is 0 Å². The van der Waals surface area contributed by atoms with E-state index in [0.717, 1.165) is 6.42 Å². The molecule has 0 aromatic heterocycles. The van der Waals surface area contributed by atoms with Gasteiger partial charge in [0.1, 0.15) is 5.92 Å². The molecular weight excluding hydrogens is 170 g/mol. The quantitative estimate of drug-likeness (QED) is 0.652. The Morgan fingerprint density at radius 1 is 1.38 bits per heavy atom. The average molecular weight is 187 g/mol. The molecule has 0 aliphatic carbocycles. The van der Waals surface area contributed by atoms with Crippen LogP contribution in [0.5, 0.6) is 0 Å². The van der Waals surface area contributed by atoms with E-state index >= 15 is 0 Å². The first-order valence-electron chi connectivity index (χ1n) is 4.52. The molecule has 0 bridgehead atoms. The molecule has 1 N–H and O–H groups in total. The number of carbonyl (C=O) groups excluding carboxylic acids is 1. The van der Waals surface area contributed by atoms with E-state index in [9.17, 15) is 9.59 Å². The number of hydrogen-bond acceptors (Lipinski definition) is 2. The number of carboxylic acid groups (broad SMARTS) is 1. The van der Waals surface area contributed by atoms with Gasteiger partial charge in [-0.2, -0.15) is 0 Å². The zero-order valence-electron chi connectivity index (χ0n) is 8.41. The SMILES string of the molecule is CCCN(C)C(=O)C(CC)C(=O)O. The molecule has 0 aliphatic heterocycles. The Hall–Kier alpha value is -1.06. The summed E-state index contributed by atoms with van der Waals surface area (Å²) in [7, 11) is 1.64. The third-order valence-electron chi connectivity index (χ3n) is 1.94. The molecule has 1 amide bonds. The third-order valence-corrected chi connectivity index (χ3v) is 1.94. The predicted octanol–water partition coefficient (Wildman–Crippen LogP) is 0.966. The normalized spacial score (nSPS) is 12.2. The Kier molecular flexibility index (Phi) is 5.11. The molecule has 4 nitrogen and oxygen atoms in total. The summed E-state index contributed by atoms with van der Waals surface area (Å²) in [5.41, 5.74) is 0. The lowest BCUT2D eigenvalue weighted by atomic mass is 10.1. The highest BCUT2D eigenvalue weighted by Gasteiger charge is 2.26. The van der Waals surface area contributed by atoms with Crippen molar-refractivity contribution in [1.29, 1.82) is 0 Å². The van der Waals surface area contributed by atoms with Crippen LogP contribution in [-0.4, -0.2) is 35.5 Å². The van der Waals surface area contributed by atoms with Gasteiger partial charge in [0.15, 0.2) is 0 Å². The predicted molar refractivity (Wildman–Crippen MR) is 49.3 cm³/mol. The number of rotatable bonds is 5. The Bertz CT molecular complexity index is 191. The van der Waals surface area contributed by atoms with Crippen LogP contribution < -0.4 is 0 Å². The van der Waals surface area contributed by atoms with Crippen molar-refractivity contribution >= 4 is 11.9 Å². The maximum Gasteiger partial charge on any atom is 0.316 e. The second-order valence-electron chi connectivity index (χ2n) is 3.06. The Morgan fingerprint density at radius 2 is 1.92 bits per heavy atom. The standard InChI is InChI=1S/C9H17NO3/c1-4-6-10(3)8(11)7(5-2)9(12)13/h7H,4-6H2,1-3H3,(H,12,13). The number of carboxylic acids is 1. The summed E-state index contributed by atoms with van der Waals surface area (Å²) < 4.78 is 0. The first-order chi connectivity index (χ1) is 6.04. The molecule has 0 saturated heterocycles. The summed E-state index contributed by atoms with van der Waals surface area (Å²) in [6.45, 7) is 4.27. The molecule has 0 heterocycles. The van der Waals surface area contributed by atoms with Crippen molar-refractivity contribution in [2.45, 2.75) is 26.7 Å². The van der Waals surface area contributed by atoms with Gasteiger partial charge in [0, 0.05) is 13.6 Å². The van der Waals surface area contributed by atoms with Gasteiger partial charge in [0.2, 0.25) is 5.91 Å². The van der Waals surface area contributed by atoms with Gasteiger partial charge in [-0.05, 0) is 12.8 Å². The molecule has 0 fully saturated rings. The molecule has 1 unspecified atom stereocenters. The van der Waals surface area contributed by atoms with Gasteiger partial charge in [-0.25, -0.2) is 0 Å². The Labute approximate surface area is 78.5 Å². The minimum absolute atomic E-state index is 0.295. The van der Waals surface area contributed by atoms with Crippen LogP contribution >= 0.6 is 0 Å². The van der Waals surface area contributed by atoms with E-state index in [1.807, 2.05) is 6.92 Å². The van der Waals surface area contributed by atoms with Crippen molar-refractivity contribution in [2.75, 3.05) is 13.6 Å². The highest BCUT2D eigenvalue weighted by molar-refractivity contribution is 5.96. The number of amides is 1. The fraction of sp³-hybridized carbons (Fsp3) is 0.778. The number of carbonyl (C=O) groups is 2. The summed E-state index contributed by atoms with van der Waals surface area (Å²) in [5, 5.41) is 8.71. The first-order valence-corrected chi connectivity index (χ1v) is 4.52. The molecular formula is C9H17NO3. The van der Waals surface area contributed by atoms with Crippen LogP contribution in [0.2, 0.25) is 0 Å². The van der Waals surface area contributed by atoms with Gasteiger partial charge in [-0.3, -0.25) is 9.59 Å². The van der Waals surface area contributed by atoms with Crippen molar-refractivity contribution in [3.8, 4) is 0 Å². The van der Waals surface area contributed by atoms with Crippen molar-refractivity contribution < 1.29 is 14.7 Å². The van der Waals surface area contributed by atoms with Gasteiger partial charge in [-0.1, -0.05) is 13.8 Å². The molecule has 0 spiro atoms. The number of aliphatic carboxylic acids is 1. The monoisotopic (exact) mass is 187 g/mol. The van der Waals surface area contributed by atoms with Crippen LogP contribution in [-0.2, 0) is 9.59 Å². The van der Waals surface area contributed by atoms with E-state index in [-0.39, 0.29) is 5.91 Å². The van der Waals surface area contributed by atoms with Crippen LogP contribution in [0.3, 0.4) is 0 Å². The molecule has 0 aromatic rings. The van der Waals surface area contributed by atoms with E-state index in [1.54, 1.807) is 14.0 Å². The smallest absolute Gasteiger partial charge is 0.316 e. The van der Waals surface area contributed by atoms with Crippen LogP contribution in [0, 0.1) is 5.92 Å². The summed E-state index contributed by atoms with van der Waals surface area (Å²) >= 11 is 0. The van der Waals surface area contributed by atoms with E-state index in [0.29, 0.717) is 13.0 Å². The van der Waals surface area contributed by atoms with Gasteiger partial charge in [-0.15, -0.1) is 0 Å². The first kappa shape index (κ1) is 11.9. The lowest BCUT2D eigenvalue weighted by Gasteiger charge is -2.19. The van der Waals surface area contributed by atoms with Gasteiger partial charge >= 0.3 is 5.97 Å². The fourth-order valence-electron chi connectivity index (χ4n) is 1.17. The Morgan fingerprint density at radius 3 is 2.23 bits per heavy atom. The van der Waals surface area contributed by atoms with Gasteiger partial charge in [0.05, 0.1) is 0 Å². The van der Waals surface area contributed by atoms with Crippen LogP contribution in [0.4, 0.5) is 0 Å². The van der Waals surface area contributed by atoms with E-state index in [4.69, 9.17) is 5.11 Å².